The van der Waals surface area contributed by atoms with Gasteiger partial charge >= 0.3 is 5.97 Å². The number of rotatable bonds is 16. The summed E-state index contributed by atoms with van der Waals surface area (Å²) in [5, 5.41) is 2.92. The number of halogens is 2. The van der Waals surface area contributed by atoms with E-state index in [1.54, 1.807) is 49.7 Å². The van der Waals surface area contributed by atoms with Gasteiger partial charge in [0.2, 0.25) is 10.0 Å². The fourth-order valence-corrected chi connectivity index (χ4v) is 7.24. The molecule has 0 aromatic heterocycles. The molecule has 1 saturated carbocycles. The van der Waals surface area contributed by atoms with Gasteiger partial charge in [0.25, 0.3) is 0 Å². The Balaban J connectivity index is 1.42. The van der Waals surface area contributed by atoms with Crippen LogP contribution in [0.4, 0.5) is 5.69 Å². The maximum Gasteiger partial charge on any atom is 0.338 e. The Morgan fingerprint density at radius 3 is 2.48 bits per heavy atom. The number of methoxy groups -OCH3 is 2. The number of morpholine rings is 1. The quantitative estimate of drug-likeness (QED) is 0.251. The highest BCUT2D eigenvalue weighted by molar-refractivity contribution is 7.92. The predicted molar refractivity (Wildman–Crippen MR) is 185 cm³/mol. The molecule has 2 fully saturated rings. The van der Waals surface area contributed by atoms with Gasteiger partial charge in [-0.1, -0.05) is 29.3 Å². The Morgan fingerprint density at radius 1 is 1.06 bits per heavy atom. The molecule has 0 amide bonds. The number of quaternary nitrogens is 1. The Labute approximate surface area is 292 Å². The Hall–Kier alpha value is -3.00. The van der Waals surface area contributed by atoms with Crippen LogP contribution in [0.1, 0.15) is 47.7 Å². The lowest BCUT2D eigenvalue weighted by atomic mass is 9.99. The molecule has 14 heteroatoms. The zero-order valence-corrected chi connectivity index (χ0v) is 29.9. The van der Waals surface area contributed by atoms with Crippen molar-refractivity contribution in [2.24, 2.45) is 5.92 Å². The molecule has 2 heterocycles. The maximum atomic E-state index is 13.9. The van der Waals surface area contributed by atoms with E-state index in [2.05, 4.69) is 4.90 Å². The summed E-state index contributed by atoms with van der Waals surface area (Å²) in [4.78, 5) is 16.1. The minimum Gasteiger partial charge on any atom is -0.493 e. The summed E-state index contributed by atoms with van der Waals surface area (Å²) in [6.45, 7) is 4.95. The van der Waals surface area contributed by atoms with Crippen LogP contribution >= 0.6 is 23.2 Å². The smallest absolute Gasteiger partial charge is 0.338 e. The van der Waals surface area contributed by atoms with Crippen molar-refractivity contribution in [2.45, 2.75) is 31.8 Å². The van der Waals surface area contributed by atoms with E-state index in [1.165, 1.54) is 17.7 Å². The van der Waals surface area contributed by atoms with Gasteiger partial charge in [-0.15, -0.1) is 0 Å². The number of benzene rings is 2. The van der Waals surface area contributed by atoms with Crippen LogP contribution in [-0.2, 0) is 19.5 Å². The minimum absolute atomic E-state index is 0.218. The van der Waals surface area contributed by atoms with Crippen molar-refractivity contribution in [3.63, 3.8) is 0 Å². The van der Waals surface area contributed by atoms with Crippen LogP contribution in [-0.4, -0.2) is 92.3 Å². The van der Waals surface area contributed by atoms with Gasteiger partial charge in [-0.3, -0.25) is 9.21 Å². The molecular formula is C34H44Cl2N3O8S+. The van der Waals surface area contributed by atoms with E-state index in [4.69, 9.17) is 46.9 Å². The first kappa shape index (κ1) is 36.3. The number of carbonyl (C=O) groups is 1. The molecule has 0 radical (unpaired) electrons. The third kappa shape index (κ3) is 9.58. The molecule has 5 rings (SSSR count). The monoisotopic (exact) mass is 724 g/mol. The lowest BCUT2D eigenvalue weighted by molar-refractivity contribution is -0.580. The molecule has 2 aromatic rings. The summed E-state index contributed by atoms with van der Waals surface area (Å²) >= 11 is 13.1. The Kier molecular flexibility index (Phi) is 12.6. The highest BCUT2D eigenvalue weighted by atomic mass is 35.5. The summed E-state index contributed by atoms with van der Waals surface area (Å²) in [6.07, 6.45) is 5.12. The molecule has 1 saturated heterocycles. The number of sulfonamides is 1. The highest BCUT2D eigenvalue weighted by Crippen LogP contribution is 2.39. The minimum atomic E-state index is -3.66. The number of nitrogens with zero attached hydrogens (tertiary/aromatic N) is 2. The summed E-state index contributed by atoms with van der Waals surface area (Å²) in [7, 11) is -0.580. The van der Waals surface area contributed by atoms with Gasteiger partial charge in [0, 0.05) is 38.2 Å². The normalized spacial score (nSPS) is 17.8. The standard InChI is InChI=1S/C34H43Cl2N3O8S/c1-43-30-10-8-24(17-33(30)44-2)31(19-26-27(35)20-37-21-28(26)36)47-34(40)25-7-9-29(32(18-25)46-22-23-5-6-23)39(48(3,41)42)12-4-11-38-13-15-45-16-14-38/h7-10,17-18,20,23,31,37H,4-6,11-16,19,21-22H2,1-3H3/p+1/t31-/m0/s1. The number of ether oxygens (including phenoxy) is 5. The molecule has 2 aliphatic heterocycles. The van der Waals surface area contributed by atoms with Gasteiger partial charge in [-0.25, -0.2) is 13.2 Å². The number of hydrogen-bond donors (Lipinski definition) is 1. The molecule has 11 nitrogen and oxygen atoms in total. The largest absolute Gasteiger partial charge is 0.493 e. The second-order valence-electron chi connectivity index (χ2n) is 12.1. The molecule has 3 aliphatic rings. The topological polar surface area (TPSA) is 120 Å². The average molecular weight is 726 g/mol. The molecule has 0 unspecified atom stereocenters. The number of hydrogen-bond acceptors (Lipinski definition) is 9. The van der Waals surface area contributed by atoms with Gasteiger partial charge < -0.3 is 29.0 Å². The summed E-state index contributed by atoms with van der Waals surface area (Å²) < 4.78 is 56.2. The first-order valence-electron chi connectivity index (χ1n) is 16.1. The van der Waals surface area contributed by atoms with Crippen molar-refractivity contribution in [3.05, 3.63) is 69.4 Å². The van der Waals surface area contributed by atoms with E-state index in [9.17, 15) is 13.2 Å². The second-order valence-corrected chi connectivity index (χ2v) is 14.9. The SMILES string of the molecule is COc1ccc([C@H](CC2=C(Cl)C[NH2+]C=C2Cl)OC(=O)c2ccc(N(CCCN3CCOCC3)S(C)(=O)=O)c(OCC3CC3)c2)cc1OC. The Morgan fingerprint density at radius 2 is 1.81 bits per heavy atom. The van der Waals surface area contributed by atoms with E-state index in [1.807, 2.05) is 5.32 Å². The van der Waals surface area contributed by atoms with Crippen LogP contribution in [0.2, 0.25) is 0 Å². The lowest BCUT2D eigenvalue weighted by Crippen LogP contribution is -2.79. The molecule has 2 aromatic carbocycles. The maximum absolute atomic E-state index is 13.9. The van der Waals surface area contributed by atoms with Crippen molar-refractivity contribution >= 4 is 44.9 Å². The fraction of sp³-hybridized carbons (Fsp3) is 0.500. The fourth-order valence-electron chi connectivity index (χ4n) is 5.67. The van der Waals surface area contributed by atoms with Crippen molar-refractivity contribution in [1.82, 2.24) is 4.90 Å². The average Bonchev–Trinajstić information content (AvgIpc) is 3.91. The molecular weight excluding hydrogens is 681 g/mol. The number of allylic oxidation sites excluding steroid dienone is 1. The van der Waals surface area contributed by atoms with Gasteiger partial charge in [0.05, 0.1) is 61.6 Å². The summed E-state index contributed by atoms with van der Waals surface area (Å²) in [5.41, 5.74) is 1.94. The third-order valence-corrected chi connectivity index (χ3v) is 10.5. The Bertz CT molecular complexity index is 1620. The summed E-state index contributed by atoms with van der Waals surface area (Å²) in [5.74, 6) is 1.11. The molecule has 262 valence electrons. The molecule has 2 N–H and O–H groups in total. The zero-order valence-electron chi connectivity index (χ0n) is 27.6. The van der Waals surface area contributed by atoms with E-state index in [0.717, 1.165) is 32.5 Å². The van der Waals surface area contributed by atoms with Crippen molar-refractivity contribution in [1.29, 1.82) is 0 Å². The van der Waals surface area contributed by atoms with Crippen molar-refractivity contribution < 1.29 is 42.2 Å². The first-order chi connectivity index (χ1) is 23.1. The van der Waals surface area contributed by atoms with Crippen molar-refractivity contribution in [3.8, 4) is 17.2 Å². The van der Waals surface area contributed by atoms with Crippen LogP contribution in [0.3, 0.4) is 0 Å². The van der Waals surface area contributed by atoms with E-state index < -0.39 is 22.1 Å². The molecule has 1 aliphatic carbocycles. The zero-order chi connectivity index (χ0) is 34.3. The van der Waals surface area contributed by atoms with E-state index in [0.29, 0.717) is 82.8 Å². The molecule has 0 spiro atoms. The van der Waals surface area contributed by atoms with Crippen LogP contribution in [0, 0.1) is 5.92 Å². The van der Waals surface area contributed by atoms with Gasteiger partial charge in [-0.2, -0.15) is 0 Å². The number of anilines is 1. The number of nitrogens with two attached hydrogens (primary N) is 1. The summed E-state index contributed by atoms with van der Waals surface area (Å²) in [6, 6.07) is 10.1. The second kappa shape index (κ2) is 16.6. The van der Waals surface area contributed by atoms with Crippen molar-refractivity contribution in [2.75, 3.05) is 77.3 Å². The van der Waals surface area contributed by atoms with Crippen LogP contribution in [0.15, 0.2) is 58.2 Å². The first-order valence-corrected chi connectivity index (χ1v) is 18.7. The third-order valence-electron chi connectivity index (χ3n) is 8.57. The van der Waals surface area contributed by atoms with E-state index in [-0.39, 0.29) is 18.5 Å². The van der Waals surface area contributed by atoms with Crippen LogP contribution < -0.4 is 23.8 Å². The van der Waals surface area contributed by atoms with Crippen LogP contribution in [0.5, 0.6) is 17.2 Å². The van der Waals surface area contributed by atoms with Crippen LogP contribution in [0.25, 0.3) is 0 Å². The molecule has 48 heavy (non-hydrogen) atoms. The van der Waals surface area contributed by atoms with Gasteiger partial charge in [0.1, 0.15) is 24.6 Å². The van der Waals surface area contributed by atoms with E-state index >= 15 is 0 Å². The number of carbonyl (C=O) groups excluding carboxylic acids is 1. The van der Waals surface area contributed by atoms with Gasteiger partial charge in [-0.05, 0) is 61.1 Å². The van der Waals surface area contributed by atoms with Gasteiger partial charge in [0.15, 0.2) is 11.5 Å². The number of esters is 1. The molecule has 0 bridgehead atoms. The lowest BCUT2D eigenvalue weighted by Gasteiger charge is -2.29. The highest BCUT2D eigenvalue weighted by Gasteiger charge is 2.29. The molecule has 1 atom stereocenters. The predicted octanol–water partition coefficient (Wildman–Crippen LogP) is 4.42.